The third kappa shape index (κ3) is 4.45. The second kappa shape index (κ2) is 7.13. The number of ether oxygens (including phenoxy) is 1. The van der Waals surface area contributed by atoms with E-state index < -0.39 is 11.7 Å². The lowest BCUT2D eigenvalue weighted by Gasteiger charge is -2.19. The first-order valence-corrected chi connectivity index (χ1v) is 8.28. The highest BCUT2D eigenvalue weighted by Crippen LogP contribution is 2.34. The lowest BCUT2D eigenvalue weighted by Crippen LogP contribution is -2.28. The largest absolute Gasteiger partial charge is 0.480 e. The van der Waals surface area contributed by atoms with Crippen LogP contribution >= 0.6 is 0 Å². The monoisotopic (exact) mass is 368 g/mol. The highest BCUT2D eigenvalue weighted by molar-refractivity contribution is 6.02. The van der Waals surface area contributed by atoms with Gasteiger partial charge >= 0.3 is 6.18 Å². The third-order valence-corrected chi connectivity index (χ3v) is 4.12. The number of aromatic nitrogens is 1. The van der Waals surface area contributed by atoms with Crippen LogP contribution in [0, 0.1) is 12.3 Å². The lowest BCUT2D eigenvalue weighted by atomic mass is 9.92. The molecule has 4 nitrogen and oxygen atoms in total. The predicted octanol–water partition coefficient (Wildman–Crippen LogP) is 4.74. The van der Waals surface area contributed by atoms with E-state index in [9.17, 15) is 18.0 Å². The van der Waals surface area contributed by atoms with Crippen LogP contribution in [0.25, 0.3) is 10.9 Å². The Labute approximate surface area is 150 Å². The average Bonchev–Trinajstić information content (AvgIpc) is 2.51. The SMILES string of the molecule is COc1nc2cc(C(F)(F)F)ccc2c(C)c1C(=O)NCCC(C)(C)C. The molecule has 0 saturated carbocycles. The van der Waals surface area contributed by atoms with Crippen LogP contribution < -0.4 is 10.1 Å². The summed E-state index contributed by atoms with van der Waals surface area (Å²) < 4.78 is 43.9. The predicted molar refractivity (Wildman–Crippen MR) is 94.4 cm³/mol. The number of benzene rings is 1. The minimum atomic E-state index is -4.46. The normalized spacial score (nSPS) is 12.3. The Morgan fingerprint density at radius 1 is 1.23 bits per heavy atom. The molecular formula is C19H23F3N2O2. The van der Waals surface area contributed by atoms with Crippen molar-refractivity contribution in [2.45, 2.75) is 40.3 Å². The van der Waals surface area contributed by atoms with Crippen LogP contribution in [-0.2, 0) is 6.18 Å². The number of rotatable bonds is 4. The van der Waals surface area contributed by atoms with Gasteiger partial charge in [-0.05, 0) is 36.5 Å². The van der Waals surface area contributed by atoms with E-state index in [2.05, 4.69) is 31.1 Å². The highest BCUT2D eigenvalue weighted by atomic mass is 19.4. The van der Waals surface area contributed by atoms with Gasteiger partial charge in [-0.25, -0.2) is 4.98 Å². The first kappa shape index (κ1) is 20.0. The van der Waals surface area contributed by atoms with Crippen molar-refractivity contribution < 1.29 is 22.7 Å². The molecule has 1 aromatic carbocycles. The third-order valence-electron chi connectivity index (χ3n) is 4.12. The van der Waals surface area contributed by atoms with Crippen molar-refractivity contribution in [1.82, 2.24) is 10.3 Å². The lowest BCUT2D eigenvalue weighted by molar-refractivity contribution is -0.137. The number of fused-ring (bicyclic) bond motifs is 1. The van der Waals surface area contributed by atoms with Gasteiger partial charge in [-0.1, -0.05) is 26.8 Å². The second-order valence-corrected chi connectivity index (χ2v) is 7.42. The summed E-state index contributed by atoms with van der Waals surface area (Å²) in [7, 11) is 1.34. The summed E-state index contributed by atoms with van der Waals surface area (Å²) in [6, 6.07) is 3.29. The Hall–Kier alpha value is -2.31. The minimum absolute atomic E-state index is 0.0163. The van der Waals surface area contributed by atoms with Crippen LogP contribution in [0.2, 0.25) is 0 Å². The molecule has 0 atom stereocenters. The van der Waals surface area contributed by atoms with Crippen molar-refractivity contribution in [2.75, 3.05) is 13.7 Å². The van der Waals surface area contributed by atoms with E-state index in [0.717, 1.165) is 18.6 Å². The summed E-state index contributed by atoms with van der Waals surface area (Å²) in [5.74, 6) is -0.333. The summed E-state index contributed by atoms with van der Waals surface area (Å²) in [5, 5.41) is 3.32. The number of nitrogens with zero attached hydrogens (tertiary/aromatic N) is 1. The molecule has 0 radical (unpaired) electrons. The van der Waals surface area contributed by atoms with Gasteiger partial charge in [0.1, 0.15) is 5.56 Å². The molecule has 26 heavy (non-hydrogen) atoms. The molecule has 0 aliphatic rings. The molecule has 2 aromatic rings. The van der Waals surface area contributed by atoms with Crippen molar-refractivity contribution in [3.63, 3.8) is 0 Å². The summed E-state index contributed by atoms with van der Waals surface area (Å²) >= 11 is 0. The molecule has 0 fully saturated rings. The Morgan fingerprint density at radius 3 is 2.42 bits per heavy atom. The molecule has 0 aliphatic carbocycles. The van der Waals surface area contributed by atoms with E-state index in [1.807, 2.05) is 0 Å². The fourth-order valence-electron chi connectivity index (χ4n) is 2.63. The number of methoxy groups -OCH3 is 1. The average molecular weight is 368 g/mol. The molecule has 0 aliphatic heterocycles. The number of pyridine rings is 1. The maximum atomic E-state index is 12.9. The Balaban J connectivity index is 2.43. The Kier molecular flexibility index (Phi) is 5.49. The summed E-state index contributed by atoms with van der Waals surface area (Å²) in [6.45, 7) is 8.37. The van der Waals surface area contributed by atoms with Gasteiger partial charge in [0.05, 0.1) is 18.2 Å². The topological polar surface area (TPSA) is 51.2 Å². The molecule has 1 amide bonds. The van der Waals surface area contributed by atoms with Gasteiger partial charge in [0.25, 0.3) is 5.91 Å². The molecule has 1 heterocycles. The molecule has 142 valence electrons. The first-order valence-electron chi connectivity index (χ1n) is 8.28. The first-order chi connectivity index (χ1) is 11.9. The van der Waals surface area contributed by atoms with Gasteiger partial charge < -0.3 is 10.1 Å². The highest BCUT2D eigenvalue weighted by Gasteiger charge is 2.31. The van der Waals surface area contributed by atoms with E-state index in [4.69, 9.17) is 4.74 Å². The Morgan fingerprint density at radius 2 is 1.88 bits per heavy atom. The number of carbonyl (C=O) groups excluding carboxylic acids is 1. The molecule has 1 N–H and O–H groups in total. The Bertz CT molecular complexity index is 824. The zero-order chi connectivity index (χ0) is 19.7. The standard InChI is InChI=1S/C19H23F3N2O2/c1-11-13-7-6-12(19(20,21)22)10-14(13)24-17(26-5)15(11)16(25)23-9-8-18(2,3)4/h6-7,10H,8-9H2,1-5H3,(H,23,25). The van der Waals surface area contributed by atoms with Gasteiger partial charge in [-0.15, -0.1) is 0 Å². The van der Waals surface area contributed by atoms with E-state index in [1.54, 1.807) is 6.92 Å². The molecule has 0 bridgehead atoms. The molecule has 7 heteroatoms. The number of carbonyl (C=O) groups is 1. The molecule has 2 rings (SSSR count). The molecule has 1 aromatic heterocycles. The maximum absolute atomic E-state index is 12.9. The van der Waals surface area contributed by atoms with E-state index in [-0.39, 0.29) is 28.3 Å². The quantitative estimate of drug-likeness (QED) is 0.848. The van der Waals surface area contributed by atoms with Crippen molar-refractivity contribution in [1.29, 1.82) is 0 Å². The summed E-state index contributed by atoms with van der Waals surface area (Å²) in [5.41, 5.74) is 0.200. The fourth-order valence-corrected chi connectivity index (χ4v) is 2.63. The zero-order valence-corrected chi connectivity index (χ0v) is 15.5. The van der Waals surface area contributed by atoms with E-state index in [0.29, 0.717) is 17.5 Å². The molecular weight excluding hydrogens is 345 g/mol. The van der Waals surface area contributed by atoms with Crippen LogP contribution in [-0.4, -0.2) is 24.5 Å². The van der Waals surface area contributed by atoms with Gasteiger partial charge in [0.15, 0.2) is 0 Å². The van der Waals surface area contributed by atoms with Gasteiger partial charge in [-0.3, -0.25) is 4.79 Å². The number of hydrogen-bond acceptors (Lipinski definition) is 3. The van der Waals surface area contributed by atoms with Crippen LogP contribution in [0.5, 0.6) is 5.88 Å². The van der Waals surface area contributed by atoms with Crippen LogP contribution in [0.1, 0.15) is 48.7 Å². The number of halogens is 3. The van der Waals surface area contributed by atoms with Crippen molar-refractivity contribution in [2.24, 2.45) is 5.41 Å². The summed E-state index contributed by atoms with van der Waals surface area (Å²) in [6.07, 6.45) is -3.67. The van der Waals surface area contributed by atoms with Gasteiger partial charge in [0.2, 0.25) is 5.88 Å². The number of aryl methyl sites for hydroxylation is 1. The van der Waals surface area contributed by atoms with Crippen molar-refractivity contribution in [3.8, 4) is 5.88 Å². The van der Waals surface area contributed by atoms with E-state index in [1.165, 1.54) is 13.2 Å². The van der Waals surface area contributed by atoms with Crippen molar-refractivity contribution in [3.05, 3.63) is 34.9 Å². The van der Waals surface area contributed by atoms with Crippen molar-refractivity contribution >= 4 is 16.8 Å². The van der Waals surface area contributed by atoms with Crippen LogP contribution in [0.15, 0.2) is 18.2 Å². The minimum Gasteiger partial charge on any atom is -0.480 e. The number of nitrogens with one attached hydrogen (secondary N) is 1. The number of alkyl halides is 3. The second-order valence-electron chi connectivity index (χ2n) is 7.42. The van der Waals surface area contributed by atoms with Gasteiger partial charge in [-0.2, -0.15) is 13.2 Å². The smallest absolute Gasteiger partial charge is 0.416 e. The molecule has 0 unspecified atom stereocenters. The molecule has 0 spiro atoms. The molecule has 0 saturated heterocycles. The zero-order valence-electron chi connectivity index (χ0n) is 15.5. The van der Waals surface area contributed by atoms with Crippen LogP contribution in [0.3, 0.4) is 0 Å². The van der Waals surface area contributed by atoms with Gasteiger partial charge in [0, 0.05) is 11.9 Å². The van der Waals surface area contributed by atoms with E-state index >= 15 is 0 Å². The number of hydrogen-bond donors (Lipinski definition) is 1. The van der Waals surface area contributed by atoms with Crippen LogP contribution in [0.4, 0.5) is 13.2 Å². The fraction of sp³-hybridized carbons (Fsp3) is 0.474. The maximum Gasteiger partial charge on any atom is 0.416 e. The number of amides is 1. The summed E-state index contributed by atoms with van der Waals surface area (Å²) in [4.78, 5) is 16.7.